The summed E-state index contributed by atoms with van der Waals surface area (Å²) in [5.74, 6) is 1.86. The van der Waals surface area contributed by atoms with Crippen LogP contribution in [0.5, 0.6) is 5.75 Å². The molecule has 0 heterocycles. The molecule has 3 nitrogen and oxygen atoms in total. The molecule has 0 atom stereocenters. The minimum atomic E-state index is 0.919. The van der Waals surface area contributed by atoms with E-state index in [-0.39, 0.29) is 0 Å². The summed E-state index contributed by atoms with van der Waals surface area (Å²) < 4.78 is 5.47. The van der Waals surface area contributed by atoms with Gasteiger partial charge in [0, 0.05) is 13.1 Å². The molecule has 3 heteroatoms. The highest BCUT2D eigenvalue weighted by molar-refractivity contribution is 5.58. The van der Waals surface area contributed by atoms with Gasteiger partial charge in [-0.2, -0.15) is 0 Å². The first-order valence-electron chi connectivity index (χ1n) is 8.24. The molecule has 0 spiro atoms. The lowest BCUT2D eigenvalue weighted by atomic mass is 9.87. The summed E-state index contributed by atoms with van der Waals surface area (Å²) >= 11 is 0. The summed E-state index contributed by atoms with van der Waals surface area (Å²) in [6.07, 6.45) is 8.39. The number of ether oxygens (including phenoxy) is 1. The topological polar surface area (TPSA) is 24.5 Å². The Hall–Kier alpha value is -1.22. The highest BCUT2D eigenvalue weighted by atomic mass is 16.5. The third kappa shape index (κ3) is 5.24. The fourth-order valence-electron chi connectivity index (χ4n) is 3.24. The van der Waals surface area contributed by atoms with Gasteiger partial charge in [0.05, 0.1) is 12.8 Å². The van der Waals surface area contributed by atoms with E-state index in [4.69, 9.17) is 4.74 Å². The van der Waals surface area contributed by atoms with Crippen molar-refractivity contribution in [3.05, 3.63) is 23.8 Å². The predicted octanol–water partition coefficient (Wildman–Crippen LogP) is 4.14. The Morgan fingerprint density at radius 2 is 1.95 bits per heavy atom. The van der Waals surface area contributed by atoms with Crippen molar-refractivity contribution in [2.75, 3.05) is 33.1 Å². The second-order valence-corrected chi connectivity index (χ2v) is 6.49. The molecule has 1 aliphatic rings. The lowest BCUT2D eigenvalue weighted by Gasteiger charge is -2.22. The quantitative estimate of drug-likeness (QED) is 0.817. The normalized spacial score (nSPS) is 16.2. The van der Waals surface area contributed by atoms with E-state index in [1.807, 2.05) is 0 Å². The van der Waals surface area contributed by atoms with E-state index in [0.717, 1.165) is 30.4 Å². The Labute approximate surface area is 129 Å². The van der Waals surface area contributed by atoms with Gasteiger partial charge >= 0.3 is 0 Å². The first kappa shape index (κ1) is 16.2. The molecule has 2 rings (SSSR count). The largest absolute Gasteiger partial charge is 0.495 e. The summed E-state index contributed by atoms with van der Waals surface area (Å²) in [4.78, 5) is 2.19. The van der Waals surface area contributed by atoms with Crippen LogP contribution in [-0.2, 0) is 6.54 Å². The van der Waals surface area contributed by atoms with Gasteiger partial charge in [-0.15, -0.1) is 0 Å². The van der Waals surface area contributed by atoms with Crippen molar-refractivity contribution in [3.8, 4) is 5.75 Å². The van der Waals surface area contributed by atoms with Crippen LogP contribution >= 0.6 is 0 Å². The van der Waals surface area contributed by atoms with Crippen molar-refractivity contribution in [1.29, 1.82) is 0 Å². The van der Waals surface area contributed by atoms with Gasteiger partial charge in [0.25, 0.3) is 0 Å². The Balaban J connectivity index is 1.90. The van der Waals surface area contributed by atoms with Crippen LogP contribution in [0.25, 0.3) is 0 Å². The highest BCUT2D eigenvalue weighted by Crippen LogP contribution is 2.28. The number of rotatable bonds is 7. The zero-order valence-corrected chi connectivity index (χ0v) is 13.8. The molecule has 21 heavy (non-hydrogen) atoms. The summed E-state index contributed by atoms with van der Waals surface area (Å²) in [6, 6.07) is 6.44. The number of benzene rings is 1. The van der Waals surface area contributed by atoms with Crippen molar-refractivity contribution in [1.82, 2.24) is 4.90 Å². The predicted molar refractivity (Wildman–Crippen MR) is 90.1 cm³/mol. The van der Waals surface area contributed by atoms with Gasteiger partial charge in [0.2, 0.25) is 0 Å². The molecular weight excluding hydrogens is 260 g/mol. The van der Waals surface area contributed by atoms with E-state index in [0.29, 0.717) is 0 Å². The first-order chi connectivity index (χ1) is 10.2. The lowest BCUT2D eigenvalue weighted by molar-refractivity contribution is 0.345. The SMILES string of the molecule is COc1ccc(CN(C)C)cc1NCCC1CCCCC1. The van der Waals surface area contributed by atoms with Gasteiger partial charge in [-0.1, -0.05) is 38.2 Å². The zero-order valence-electron chi connectivity index (χ0n) is 13.8. The van der Waals surface area contributed by atoms with Gasteiger partial charge in [-0.25, -0.2) is 0 Å². The molecule has 1 aromatic rings. The van der Waals surface area contributed by atoms with Crippen LogP contribution in [0.1, 0.15) is 44.1 Å². The fraction of sp³-hybridized carbons (Fsp3) is 0.667. The maximum absolute atomic E-state index is 5.47. The molecule has 1 aromatic carbocycles. The number of methoxy groups -OCH3 is 1. The second kappa shape index (κ2) is 8.28. The maximum Gasteiger partial charge on any atom is 0.141 e. The average molecular weight is 290 g/mol. The molecule has 0 unspecified atom stereocenters. The number of anilines is 1. The van der Waals surface area contributed by atoms with Crippen LogP contribution < -0.4 is 10.1 Å². The van der Waals surface area contributed by atoms with E-state index in [1.165, 1.54) is 44.1 Å². The van der Waals surface area contributed by atoms with E-state index in [2.05, 4.69) is 42.5 Å². The van der Waals surface area contributed by atoms with E-state index < -0.39 is 0 Å². The lowest BCUT2D eigenvalue weighted by Crippen LogP contribution is -2.13. The minimum absolute atomic E-state index is 0.919. The van der Waals surface area contributed by atoms with Crippen molar-refractivity contribution in [2.45, 2.75) is 45.1 Å². The number of nitrogens with zero attached hydrogens (tertiary/aromatic N) is 1. The van der Waals surface area contributed by atoms with Crippen LogP contribution in [0.4, 0.5) is 5.69 Å². The molecule has 0 radical (unpaired) electrons. The molecule has 1 N–H and O–H groups in total. The zero-order chi connectivity index (χ0) is 15.1. The van der Waals surface area contributed by atoms with E-state index >= 15 is 0 Å². The maximum atomic E-state index is 5.47. The van der Waals surface area contributed by atoms with Gasteiger partial charge in [-0.3, -0.25) is 0 Å². The molecule has 1 aliphatic carbocycles. The van der Waals surface area contributed by atoms with Gasteiger partial charge in [-0.05, 0) is 44.1 Å². The van der Waals surface area contributed by atoms with Gasteiger partial charge < -0.3 is 15.0 Å². The average Bonchev–Trinajstić information content (AvgIpc) is 2.48. The molecule has 1 fully saturated rings. The van der Waals surface area contributed by atoms with Crippen molar-refractivity contribution < 1.29 is 4.74 Å². The number of hydrogen-bond donors (Lipinski definition) is 1. The number of nitrogens with one attached hydrogen (secondary N) is 1. The van der Waals surface area contributed by atoms with Crippen LogP contribution in [0, 0.1) is 5.92 Å². The smallest absolute Gasteiger partial charge is 0.141 e. The summed E-state index contributed by atoms with van der Waals surface area (Å²) in [7, 11) is 5.94. The third-order valence-electron chi connectivity index (χ3n) is 4.36. The highest BCUT2D eigenvalue weighted by Gasteiger charge is 2.13. The Morgan fingerprint density at radius 1 is 1.19 bits per heavy atom. The second-order valence-electron chi connectivity index (χ2n) is 6.49. The number of hydrogen-bond acceptors (Lipinski definition) is 3. The summed E-state index contributed by atoms with van der Waals surface area (Å²) in [5.41, 5.74) is 2.45. The summed E-state index contributed by atoms with van der Waals surface area (Å²) in [6.45, 7) is 2.01. The van der Waals surface area contributed by atoms with Gasteiger partial charge in [0.1, 0.15) is 5.75 Å². The van der Waals surface area contributed by atoms with Crippen LogP contribution in [-0.4, -0.2) is 32.6 Å². The molecule has 0 aromatic heterocycles. The molecule has 0 amide bonds. The fourth-order valence-corrected chi connectivity index (χ4v) is 3.24. The monoisotopic (exact) mass is 290 g/mol. The minimum Gasteiger partial charge on any atom is -0.495 e. The molecular formula is C18H30N2O. The molecule has 118 valence electrons. The molecule has 1 saturated carbocycles. The molecule has 0 saturated heterocycles. The molecule has 0 bridgehead atoms. The summed E-state index contributed by atoms with van der Waals surface area (Å²) in [5, 5.41) is 3.58. The Kier molecular flexibility index (Phi) is 6.37. The van der Waals surface area contributed by atoms with Crippen LogP contribution in [0.15, 0.2) is 18.2 Å². The van der Waals surface area contributed by atoms with Crippen molar-refractivity contribution >= 4 is 5.69 Å². The van der Waals surface area contributed by atoms with Crippen LogP contribution in [0.3, 0.4) is 0 Å². The van der Waals surface area contributed by atoms with E-state index in [1.54, 1.807) is 7.11 Å². The third-order valence-corrected chi connectivity index (χ3v) is 4.36. The van der Waals surface area contributed by atoms with Gasteiger partial charge in [0.15, 0.2) is 0 Å². The van der Waals surface area contributed by atoms with Crippen molar-refractivity contribution in [3.63, 3.8) is 0 Å². The van der Waals surface area contributed by atoms with E-state index in [9.17, 15) is 0 Å². The van der Waals surface area contributed by atoms with Crippen molar-refractivity contribution in [2.24, 2.45) is 5.92 Å². The first-order valence-corrected chi connectivity index (χ1v) is 8.24. The Bertz CT molecular complexity index is 425. The van der Waals surface area contributed by atoms with Crippen LogP contribution in [0.2, 0.25) is 0 Å². The molecule has 0 aliphatic heterocycles. The Morgan fingerprint density at radius 3 is 2.62 bits per heavy atom. The standard InChI is InChI=1S/C18H30N2O/c1-20(2)14-16-9-10-18(21-3)17(13-16)19-12-11-15-7-5-4-6-8-15/h9-10,13,15,19H,4-8,11-12,14H2,1-3H3.